The van der Waals surface area contributed by atoms with Gasteiger partial charge < -0.3 is 5.73 Å². The number of carbonyl (C=O) groups excluding carboxylic acids is 1. The molecule has 0 unspecified atom stereocenters. The Morgan fingerprint density at radius 3 is 2.80 bits per heavy atom. The van der Waals surface area contributed by atoms with E-state index in [0.29, 0.717) is 13.0 Å². The zero-order chi connectivity index (χ0) is 10.9. The molecule has 2 rings (SSSR count). The van der Waals surface area contributed by atoms with Crippen LogP contribution in [0.2, 0.25) is 0 Å². The highest BCUT2D eigenvalue weighted by Gasteiger charge is 2.42. The first kappa shape index (κ1) is 10.3. The predicted octanol–water partition coefficient (Wildman–Crippen LogP) is 0.0557. The topological polar surface area (TPSA) is 73.8 Å². The van der Waals surface area contributed by atoms with Gasteiger partial charge in [0, 0.05) is 25.2 Å². The minimum atomic E-state index is -0.252. The highest BCUT2D eigenvalue weighted by Crippen LogP contribution is 2.41. The summed E-state index contributed by atoms with van der Waals surface area (Å²) >= 11 is 0. The van der Waals surface area contributed by atoms with Crippen LogP contribution in [0.4, 0.5) is 0 Å². The van der Waals surface area contributed by atoms with E-state index in [9.17, 15) is 4.79 Å². The summed E-state index contributed by atoms with van der Waals surface area (Å²) in [4.78, 5) is 12.0. The molecule has 0 aromatic carbocycles. The maximum atomic E-state index is 12.0. The van der Waals surface area contributed by atoms with E-state index >= 15 is 0 Å². The van der Waals surface area contributed by atoms with Gasteiger partial charge in [0.15, 0.2) is 0 Å². The van der Waals surface area contributed by atoms with Crippen molar-refractivity contribution >= 4 is 5.78 Å². The number of rotatable bonds is 4. The minimum absolute atomic E-state index is 0.219. The summed E-state index contributed by atoms with van der Waals surface area (Å²) in [5.41, 5.74) is 6.15. The smallest absolute Gasteiger partial charge is 0.146 e. The van der Waals surface area contributed by atoms with Crippen LogP contribution >= 0.6 is 0 Å². The van der Waals surface area contributed by atoms with Crippen molar-refractivity contribution in [2.45, 2.75) is 25.7 Å². The van der Waals surface area contributed by atoms with Crippen molar-refractivity contribution < 1.29 is 4.79 Å². The number of carbonyl (C=O) groups is 1. The van der Waals surface area contributed by atoms with Crippen LogP contribution in [0.15, 0.2) is 6.20 Å². The molecule has 2 N–H and O–H groups in total. The molecule has 1 aliphatic rings. The maximum absolute atomic E-state index is 12.0. The fraction of sp³-hybridized carbons (Fsp3) is 0.700. The number of nitrogens with zero attached hydrogens (tertiary/aromatic N) is 3. The summed E-state index contributed by atoms with van der Waals surface area (Å²) in [6.45, 7) is 0.464. The lowest BCUT2D eigenvalue weighted by Gasteiger charge is -2.39. The molecule has 0 atom stereocenters. The van der Waals surface area contributed by atoms with E-state index in [1.165, 1.54) is 0 Å². The number of aromatic nitrogens is 3. The Bertz CT molecular complexity index is 362. The van der Waals surface area contributed by atoms with Crippen LogP contribution in [-0.2, 0) is 18.3 Å². The largest absolute Gasteiger partial charge is 0.329 e. The Morgan fingerprint density at radius 1 is 1.67 bits per heavy atom. The lowest BCUT2D eigenvalue weighted by Crippen LogP contribution is -2.45. The second-order valence-corrected chi connectivity index (χ2v) is 4.32. The van der Waals surface area contributed by atoms with Gasteiger partial charge in [-0.3, -0.25) is 9.48 Å². The Morgan fingerprint density at radius 2 is 2.40 bits per heavy atom. The van der Waals surface area contributed by atoms with Gasteiger partial charge in [-0.05, 0) is 12.8 Å². The molecule has 5 nitrogen and oxygen atoms in total. The lowest BCUT2D eigenvalue weighted by molar-refractivity contribution is -0.132. The molecule has 0 aliphatic heterocycles. The summed E-state index contributed by atoms with van der Waals surface area (Å²) in [5.74, 6) is 0.219. The molecule has 0 bridgehead atoms. The fourth-order valence-corrected chi connectivity index (χ4v) is 2.03. The van der Waals surface area contributed by atoms with E-state index in [1.807, 2.05) is 0 Å². The average Bonchev–Trinajstić information content (AvgIpc) is 2.50. The third-order valence-corrected chi connectivity index (χ3v) is 3.28. The van der Waals surface area contributed by atoms with Crippen LogP contribution in [-0.4, -0.2) is 27.3 Å². The van der Waals surface area contributed by atoms with Crippen LogP contribution in [0.5, 0.6) is 0 Å². The van der Waals surface area contributed by atoms with Crippen LogP contribution in [0, 0.1) is 5.41 Å². The van der Waals surface area contributed by atoms with Gasteiger partial charge in [-0.2, -0.15) is 0 Å². The fourth-order valence-electron chi connectivity index (χ4n) is 2.03. The standard InChI is InChI=1S/C10H16N4O/c1-14-6-8(12-13-14)5-9(15)10(7-11)3-2-4-10/h6H,2-5,7,11H2,1H3. The van der Waals surface area contributed by atoms with Crippen molar-refractivity contribution in [2.24, 2.45) is 18.2 Å². The SMILES string of the molecule is Cn1cc(CC(=O)C2(CN)CCC2)nn1. The van der Waals surface area contributed by atoms with Gasteiger partial charge in [-0.15, -0.1) is 5.10 Å². The highest BCUT2D eigenvalue weighted by atomic mass is 16.1. The van der Waals surface area contributed by atoms with Crippen molar-refractivity contribution in [1.29, 1.82) is 0 Å². The summed E-state index contributed by atoms with van der Waals surface area (Å²) in [5, 5.41) is 7.72. The molecule has 0 radical (unpaired) electrons. The van der Waals surface area contributed by atoms with Crippen LogP contribution in [0.1, 0.15) is 25.0 Å². The predicted molar refractivity (Wildman–Crippen MR) is 55.1 cm³/mol. The van der Waals surface area contributed by atoms with Gasteiger partial charge in [0.25, 0.3) is 0 Å². The van der Waals surface area contributed by atoms with Gasteiger partial charge >= 0.3 is 0 Å². The lowest BCUT2D eigenvalue weighted by atomic mass is 9.65. The van der Waals surface area contributed by atoms with E-state index in [2.05, 4.69) is 10.3 Å². The molecule has 15 heavy (non-hydrogen) atoms. The zero-order valence-corrected chi connectivity index (χ0v) is 8.94. The van der Waals surface area contributed by atoms with Gasteiger partial charge in [0.1, 0.15) is 5.78 Å². The van der Waals surface area contributed by atoms with E-state index < -0.39 is 0 Å². The van der Waals surface area contributed by atoms with Crippen LogP contribution in [0.25, 0.3) is 0 Å². The zero-order valence-electron chi connectivity index (χ0n) is 8.94. The molecule has 0 amide bonds. The molecule has 0 saturated heterocycles. The van der Waals surface area contributed by atoms with Crippen molar-refractivity contribution in [3.05, 3.63) is 11.9 Å². The molecule has 1 heterocycles. The number of hydrogen-bond donors (Lipinski definition) is 1. The highest BCUT2D eigenvalue weighted by molar-refractivity contribution is 5.87. The number of nitrogens with two attached hydrogens (primary N) is 1. The quantitative estimate of drug-likeness (QED) is 0.759. The Balaban J connectivity index is 2.03. The third-order valence-electron chi connectivity index (χ3n) is 3.28. The number of ketones is 1. The average molecular weight is 208 g/mol. The van der Waals surface area contributed by atoms with Crippen molar-refractivity contribution in [3.8, 4) is 0 Å². The van der Waals surface area contributed by atoms with Gasteiger partial charge in [0.05, 0.1) is 12.1 Å². The monoisotopic (exact) mass is 208 g/mol. The minimum Gasteiger partial charge on any atom is -0.329 e. The summed E-state index contributed by atoms with van der Waals surface area (Å²) in [6, 6.07) is 0. The first-order valence-corrected chi connectivity index (χ1v) is 5.25. The molecule has 1 fully saturated rings. The first-order chi connectivity index (χ1) is 7.16. The summed E-state index contributed by atoms with van der Waals surface area (Å²) in [7, 11) is 1.79. The molecule has 82 valence electrons. The normalized spacial score (nSPS) is 18.5. The van der Waals surface area contributed by atoms with Crippen molar-refractivity contribution in [3.63, 3.8) is 0 Å². The summed E-state index contributed by atoms with van der Waals surface area (Å²) in [6.07, 6.45) is 5.13. The molecule has 0 spiro atoms. The number of aryl methyl sites for hydroxylation is 1. The van der Waals surface area contributed by atoms with Crippen molar-refractivity contribution in [1.82, 2.24) is 15.0 Å². The molecule has 1 aromatic heterocycles. The van der Waals surface area contributed by atoms with Gasteiger partial charge in [0.2, 0.25) is 0 Å². The van der Waals surface area contributed by atoms with E-state index in [-0.39, 0.29) is 11.2 Å². The van der Waals surface area contributed by atoms with Crippen LogP contribution in [0.3, 0.4) is 0 Å². The van der Waals surface area contributed by atoms with E-state index in [1.54, 1.807) is 17.9 Å². The number of hydrogen-bond acceptors (Lipinski definition) is 4. The molecular weight excluding hydrogens is 192 g/mol. The molecule has 1 saturated carbocycles. The van der Waals surface area contributed by atoms with Gasteiger partial charge in [-0.1, -0.05) is 11.6 Å². The van der Waals surface area contributed by atoms with E-state index in [4.69, 9.17) is 5.73 Å². The third kappa shape index (κ3) is 1.79. The second-order valence-electron chi connectivity index (χ2n) is 4.32. The summed E-state index contributed by atoms with van der Waals surface area (Å²) < 4.78 is 1.61. The molecule has 1 aliphatic carbocycles. The van der Waals surface area contributed by atoms with E-state index in [0.717, 1.165) is 25.0 Å². The first-order valence-electron chi connectivity index (χ1n) is 5.25. The van der Waals surface area contributed by atoms with Crippen LogP contribution < -0.4 is 5.73 Å². The van der Waals surface area contributed by atoms with Gasteiger partial charge in [-0.25, -0.2) is 0 Å². The molecule has 1 aromatic rings. The Kier molecular flexibility index (Phi) is 2.56. The maximum Gasteiger partial charge on any atom is 0.146 e. The molecular formula is C10H16N4O. The Hall–Kier alpha value is -1.23. The number of Topliss-reactive ketones (excluding diaryl/α,β-unsaturated/α-hetero) is 1. The van der Waals surface area contributed by atoms with Crippen molar-refractivity contribution in [2.75, 3.05) is 6.54 Å². The Labute approximate surface area is 88.6 Å². The second kappa shape index (κ2) is 3.73. The molecule has 5 heteroatoms.